The van der Waals surface area contributed by atoms with Gasteiger partial charge in [-0.3, -0.25) is 9.97 Å². The van der Waals surface area contributed by atoms with Crippen molar-refractivity contribution in [2.45, 2.75) is 25.9 Å². The number of para-hydroxylation sites is 2. The quantitative estimate of drug-likeness (QED) is 0.358. The molecule has 3 rings (SSSR count). The predicted octanol–water partition coefficient (Wildman–Crippen LogP) is 2.58. The maximum Gasteiger partial charge on any atom is 0.158 e. The van der Waals surface area contributed by atoms with E-state index in [0.29, 0.717) is 5.56 Å². The first kappa shape index (κ1) is 24.8. The van der Waals surface area contributed by atoms with E-state index >= 15 is 0 Å². The molecule has 0 bridgehead atoms. The van der Waals surface area contributed by atoms with Crippen LogP contribution < -0.4 is 0 Å². The van der Waals surface area contributed by atoms with Crippen molar-refractivity contribution >= 4 is 11.0 Å². The minimum atomic E-state index is -0.944. The van der Waals surface area contributed by atoms with Crippen LogP contribution in [0.25, 0.3) is 22.3 Å². The van der Waals surface area contributed by atoms with E-state index in [-0.39, 0.29) is 26.5 Å². The van der Waals surface area contributed by atoms with Crippen LogP contribution in [0, 0.1) is 24.3 Å². The van der Waals surface area contributed by atoms with E-state index in [9.17, 15) is 0 Å². The van der Waals surface area contributed by atoms with Gasteiger partial charge >= 0.3 is 0 Å². The van der Waals surface area contributed by atoms with Crippen molar-refractivity contribution < 1.29 is 39.8 Å². The van der Waals surface area contributed by atoms with Gasteiger partial charge in [-0.2, -0.15) is 0 Å². The first-order chi connectivity index (χ1) is 13.5. The molecule has 2 unspecified atom stereocenters. The fourth-order valence-electron chi connectivity index (χ4n) is 2.35. The number of hydrogen-bond acceptors (Lipinski definition) is 7. The van der Waals surface area contributed by atoms with Gasteiger partial charge in [-0.15, -0.1) is 29.8 Å². The normalized spacial score (nSPS) is 12.1. The molecule has 2 N–H and O–H groups in total. The Balaban J connectivity index is 0.000000362. The Morgan fingerprint density at radius 1 is 1.03 bits per heavy atom. The SMILES string of the molecule is COC(O)CC(O)OC.Cc1nc2ccccc2nc1-c1[c-]cc(C#N)cc1.[Ir]. The monoisotopic (exact) mass is 573 g/mol. The predicted molar refractivity (Wildman–Crippen MR) is 104 cm³/mol. The molecular formula is C21H22IrN3O4-. The minimum absolute atomic E-state index is 0. The van der Waals surface area contributed by atoms with Gasteiger partial charge in [-0.05, 0) is 24.6 Å². The molecule has 29 heavy (non-hydrogen) atoms. The second kappa shape index (κ2) is 12.3. The number of aliphatic hydroxyl groups is 2. The van der Waals surface area contributed by atoms with Gasteiger partial charge in [0.25, 0.3) is 0 Å². The number of hydrogen-bond donors (Lipinski definition) is 2. The largest absolute Gasteiger partial charge is 0.368 e. The molecule has 0 aliphatic carbocycles. The summed E-state index contributed by atoms with van der Waals surface area (Å²) in [6.07, 6.45) is -1.81. The van der Waals surface area contributed by atoms with E-state index in [1.54, 1.807) is 12.1 Å². The molecule has 0 spiro atoms. The smallest absolute Gasteiger partial charge is 0.158 e. The molecule has 1 aromatic heterocycles. The van der Waals surface area contributed by atoms with Crippen molar-refractivity contribution in [1.82, 2.24) is 9.97 Å². The zero-order valence-corrected chi connectivity index (χ0v) is 18.7. The summed E-state index contributed by atoms with van der Waals surface area (Å²) in [4.78, 5) is 9.17. The number of aliphatic hydroxyl groups excluding tert-OH is 2. The third-order valence-corrected chi connectivity index (χ3v) is 3.89. The van der Waals surface area contributed by atoms with Crippen LogP contribution in [0.15, 0.2) is 42.5 Å². The third-order valence-electron chi connectivity index (χ3n) is 3.89. The topological polar surface area (TPSA) is 108 Å². The number of aryl methyl sites for hydroxylation is 1. The van der Waals surface area contributed by atoms with Gasteiger partial charge in [0.05, 0.1) is 11.0 Å². The van der Waals surface area contributed by atoms with Gasteiger partial charge in [0, 0.05) is 58.2 Å². The summed E-state index contributed by atoms with van der Waals surface area (Å²) in [6, 6.07) is 18.2. The van der Waals surface area contributed by atoms with Crippen molar-refractivity contribution in [1.29, 1.82) is 5.26 Å². The number of fused-ring (bicyclic) bond motifs is 1. The standard InChI is InChI=1S/C16H10N3.C5H12O4.Ir/c1-11-16(13-8-6-12(10-17)7-9-13)19-15-5-3-2-4-14(15)18-11;1-8-4(6)3-5(7)9-2;/h2-8H,1H3;4-7H,3H2,1-2H3;/q-1;;. The third kappa shape index (κ3) is 7.26. The van der Waals surface area contributed by atoms with Gasteiger partial charge in [0.1, 0.15) is 0 Å². The average molecular weight is 573 g/mol. The Kier molecular flexibility index (Phi) is 10.6. The van der Waals surface area contributed by atoms with Crippen LogP contribution in [-0.2, 0) is 29.6 Å². The molecule has 2 aromatic carbocycles. The van der Waals surface area contributed by atoms with Crippen LogP contribution >= 0.6 is 0 Å². The van der Waals surface area contributed by atoms with Gasteiger partial charge < -0.3 is 19.7 Å². The summed E-state index contributed by atoms with van der Waals surface area (Å²) in [5, 5.41) is 26.2. The Morgan fingerprint density at radius 2 is 1.62 bits per heavy atom. The summed E-state index contributed by atoms with van der Waals surface area (Å²) in [5.74, 6) is 0. The minimum Gasteiger partial charge on any atom is -0.368 e. The number of aromatic nitrogens is 2. The fraction of sp³-hybridized carbons (Fsp3) is 0.286. The van der Waals surface area contributed by atoms with Crippen molar-refractivity contribution in [3.63, 3.8) is 0 Å². The van der Waals surface area contributed by atoms with Crippen LogP contribution in [0.2, 0.25) is 0 Å². The Hall–Kier alpha value is -2.24. The molecule has 1 radical (unpaired) electrons. The number of nitrogens with zero attached hydrogens (tertiary/aromatic N) is 3. The Labute approximate surface area is 183 Å². The molecule has 0 aliphatic heterocycles. The first-order valence-corrected chi connectivity index (χ1v) is 8.55. The van der Waals surface area contributed by atoms with Crippen LogP contribution in [0.4, 0.5) is 0 Å². The van der Waals surface area contributed by atoms with Crippen LogP contribution in [0.1, 0.15) is 17.7 Å². The van der Waals surface area contributed by atoms with E-state index in [0.717, 1.165) is 28.0 Å². The van der Waals surface area contributed by atoms with E-state index in [2.05, 4.69) is 31.6 Å². The van der Waals surface area contributed by atoms with Crippen molar-refractivity contribution in [3.8, 4) is 17.3 Å². The zero-order valence-electron chi connectivity index (χ0n) is 16.3. The van der Waals surface area contributed by atoms with Crippen LogP contribution in [0.5, 0.6) is 0 Å². The molecule has 7 nitrogen and oxygen atoms in total. The van der Waals surface area contributed by atoms with Crippen LogP contribution in [0.3, 0.4) is 0 Å². The molecule has 3 aromatic rings. The number of methoxy groups -OCH3 is 2. The molecule has 0 fully saturated rings. The van der Waals surface area contributed by atoms with Crippen molar-refractivity contribution in [2.75, 3.05) is 14.2 Å². The average Bonchev–Trinajstić information content (AvgIpc) is 2.73. The van der Waals surface area contributed by atoms with E-state index < -0.39 is 12.6 Å². The molecule has 2 atom stereocenters. The second-order valence-corrected chi connectivity index (χ2v) is 5.87. The maximum absolute atomic E-state index is 8.80. The fourth-order valence-corrected chi connectivity index (χ4v) is 2.35. The summed E-state index contributed by atoms with van der Waals surface area (Å²) < 4.78 is 8.88. The molecule has 155 valence electrons. The van der Waals surface area contributed by atoms with E-state index in [1.807, 2.05) is 37.3 Å². The van der Waals surface area contributed by atoms with Gasteiger partial charge in [-0.1, -0.05) is 12.1 Å². The van der Waals surface area contributed by atoms with Crippen LogP contribution in [-0.4, -0.2) is 47.0 Å². The van der Waals surface area contributed by atoms with Gasteiger partial charge in [0.2, 0.25) is 0 Å². The molecule has 0 saturated carbocycles. The van der Waals surface area contributed by atoms with Crippen molar-refractivity contribution in [2.24, 2.45) is 0 Å². The Bertz CT molecular complexity index is 937. The van der Waals surface area contributed by atoms with E-state index in [1.165, 1.54) is 14.2 Å². The van der Waals surface area contributed by atoms with Crippen molar-refractivity contribution in [3.05, 3.63) is 59.8 Å². The molecule has 0 saturated heterocycles. The maximum atomic E-state index is 8.80. The Morgan fingerprint density at radius 3 is 2.10 bits per heavy atom. The number of rotatable bonds is 5. The zero-order chi connectivity index (χ0) is 20.5. The molecule has 0 aliphatic rings. The summed E-state index contributed by atoms with van der Waals surface area (Å²) in [5.41, 5.74) is 4.87. The number of benzene rings is 2. The number of ether oxygens (including phenoxy) is 2. The first-order valence-electron chi connectivity index (χ1n) is 8.55. The molecule has 0 amide bonds. The van der Waals surface area contributed by atoms with E-state index in [4.69, 9.17) is 15.5 Å². The molecule has 1 heterocycles. The number of nitriles is 1. The summed E-state index contributed by atoms with van der Waals surface area (Å²) >= 11 is 0. The van der Waals surface area contributed by atoms with Gasteiger partial charge in [-0.25, -0.2) is 5.26 Å². The summed E-state index contributed by atoms with van der Waals surface area (Å²) in [7, 11) is 2.71. The summed E-state index contributed by atoms with van der Waals surface area (Å²) in [6.45, 7) is 1.93. The molecule has 8 heteroatoms. The van der Waals surface area contributed by atoms with Gasteiger partial charge in [0.15, 0.2) is 12.6 Å². The second-order valence-electron chi connectivity index (χ2n) is 5.87. The molecular weight excluding hydrogens is 550 g/mol.